The van der Waals surface area contributed by atoms with Crippen LogP contribution < -0.4 is 5.32 Å². The van der Waals surface area contributed by atoms with Crippen molar-refractivity contribution in [2.24, 2.45) is 0 Å². The molecule has 1 atom stereocenters. The maximum atomic E-state index is 12.5. The zero-order chi connectivity index (χ0) is 16.4. The molecule has 126 valence electrons. The SMILES string of the molecule is CC(C)(C)c1ccccc1C1CCN(C(=O)C2CCCN2)CC1. The fourth-order valence-electron chi connectivity index (χ4n) is 4.06. The van der Waals surface area contributed by atoms with Crippen molar-refractivity contribution < 1.29 is 4.79 Å². The van der Waals surface area contributed by atoms with Crippen LogP contribution in [0.25, 0.3) is 0 Å². The highest BCUT2D eigenvalue weighted by molar-refractivity contribution is 5.82. The lowest BCUT2D eigenvalue weighted by Crippen LogP contribution is -2.46. The first kappa shape index (κ1) is 16.5. The first-order valence-electron chi connectivity index (χ1n) is 9.08. The molecule has 0 aliphatic carbocycles. The topological polar surface area (TPSA) is 32.3 Å². The van der Waals surface area contributed by atoms with Crippen molar-refractivity contribution in [2.45, 2.75) is 63.8 Å². The van der Waals surface area contributed by atoms with E-state index in [9.17, 15) is 4.79 Å². The summed E-state index contributed by atoms with van der Waals surface area (Å²) in [5.74, 6) is 0.913. The Kier molecular flexibility index (Phi) is 4.77. The molecule has 1 unspecified atom stereocenters. The fourth-order valence-corrected chi connectivity index (χ4v) is 4.06. The third-order valence-corrected chi connectivity index (χ3v) is 5.37. The van der Waals surface area contributed by atoms with Gasteiger partial charge in [0.15, 0.2) is 0 Å². The van der Waals surface area contributed by atoms with Crippen molar-refractivity contribution in [1.82, 2.24) is 10.2 Å². The normalized spacial score (nSPS) is 23.3. The Morgan fingerprint density at radius 3 is 2.43 bits per heavy atom. The number of nitrogens with one attached hydrogen (secondary N) is 1. The Balaban J connectivity index is 1.66. The highest BCUT2D eigenvalue weighted by Crippen LogP contribution is 2.35. The largest absolute Gasteiger partial charge is 0.341 e. The molecule has 23 heavy (non-hydrogen) atoms. The quantitative estimate of drug-likeness (QED) is 0.907. The van der Waals surface area contributed by atoms with Gasteiger partial charge in [0, 0.05) is 13.1 Å². The standard InChI is InChI=1S/C20H30N2O/c1-20(2,3)17-8-5-4-7-16(17)15-10-13-22(14-11-15)19(23)18-9-6-12-21-18/h4-5,7-8,15,18,21H,6,9-14H2,1-3H3. The summed E-state index contributed by atoms with van der Waals surface area (Å²) in [7, 11) is 0. The van der Waals surface area contributed by atoms with E-state index in [2.05, 4.69) is 55.3 Å². The van der Waals surface area contributed by atoms with Crippen LogP contribution in [-0.4, -0.2) is 36.5 Å². The van der Waals surface area contributed by atoms with Gasteiger partial charge in [0.05, 0.1) is 6.04 Å². The first-order chi connectivity index (χ1) is 11.0. The number of hydrogen-bond acceptors (Lipinski definition) is 2. The summed E-state index contributed by atoms with van der Waals surface area (Å²) < 4.78 is 0. The number of rotatable bonds is 2. The number of hydrogen-bond donors (Lipinski definition) is 1. The number of likely N-dealkylation sites (tertiary alicyclic amines) is 1. The van der Waals surface area contributed by atoms with Gasteiger partial charge in [0.2, 0.25) is 5.91 Å². The Bertz CT molecular complexity index is 547. The second-order valence-corrected chi connectivity index (χ2v) is 8.09. The second kappa shape index (κ2) is 6.64. The lowest BCUT2D eigenvalue weighted by molar-refractivity contribution is -0.134. The monoisotopic (exact) mass is 314 g/mol. The Labute approximate surface area is 140 Å². The minimum absolute atomic E-state index is 0.0772. The van der Waals surface area contributed by atoms with Gasteiger partial charge in [-0.15, -0.1) is 0 Å². The van der Waals surface area contributed by atoms with Crippen molar-refractivity contribution in [1.29, 1.82) is 0 Å². The molecule has 2 aliphatic heterocycles. The molecule has 0 spiro atoms. The molecule has 1 amide bonds. The molecule has 0 radical (unpaired) electrons. The highest BCUT2D eigenvalue weighted by atomic mass is 16.2. The molecule has 1 aromatic carbocycles. The average Bonchev–Trinajstić information content (AvgIpc) is 3.08. The summed E-state index contributed by atoms with van der Waals surface area (Å²) in [5.41, 5.74) is 3.13. The van der Waals surface area contributed by atoms with Gasteiger partial charge < -0.3 is 10.2 Å². The van der Waals surface area contributed by atoms with E-state index in [4.69, 9.17) is 0 Å². The van der Waals surface area contributed by atoms with Gasteiger partial charge in [-0.25, -0.2) is 0 Å². The molecule has 2 heterocycles. The van der Waals surface area contributed by atoms with E-state index in [0.717, 1.165) is 45.3 Å². The lowest BCUT2D eigenvalue weighted by atomic mass is 9.77. The Morgan fingerprint density at radius 1 is 1.13 bits per heavy atom. The van der Waals surface area contributed by atoms with E-state index in [1.54, 1.807) is 0 Å². The predicted octanol–water partition coefficient (Wildman–Crippen LogP) is 3.44. The van der Waals surface area contributed by atoms with Gasteiger partial charge in [0.25, 0.3) is 0 Å². The summed E-state index contributed by atoms with van der Waals surface area (Å²) in [4.78, 5) is 14.6. The number of carbonyl (C=O) groups excluding carboxylic acids is 1. The number of nitrogens with zero attached hydrogens (tertiary/aromatic N) is 1. The van der Waals surface area contributed by atoms with E-state index in [-0.39, 0.29) is 11.5 Å². The van der Waals surface area contributed by atoms with E-state index >= 15 is 0 Å². The van der Waals surface area contributed by atoms with Crippen molar-refractivity contribution >= 4 is 5.91 Å². The molecule has 3 nitrogen and oxygen atoms in total. The van der Waals surface area contributed by atoms with Gasteiger partial charge in [0.1, 0.15) is 0 Å². The smallest absolute Gasteiger partial charge is 0.239 e. The summed E-state index contributed by atoms with van der Waals surface area (Å²) in [5, 5.41) is 3.33. The van der Waals surface area contributed by atoms with Gasteiger partial charge in [-0.1, -0.05) is 45.0 Å². The molecule has 2 saturated heterocycles. The van der Waals surface area contributed by atoms with Crippen LogP contribution in [0.15, 0.2) is 24.3 Å². The minimum atomic E-state index is 0.0772. The zero-order valence-electron chi connectivity index (χ0n) is 14.8. The molecular formula is C20H30N2O. The maximum Gasteiger partial charge on any atom is 0.239 e. The van der Waals surface area contributed by atoms with Crippen molar-refractivity contribution in [2.75, 3.05) is 19.6 Å². The van der Waals surface area contributed by atoms with Crippen LogP contribution in [0, 0.1) is 0 Å². The molecule has 1 N–H and O–H groups in total. The van der Waals surface area contributed by atoms with Crippen LogP contribution in [-0.2, 0) is 10.2 Å². The molecule has 3 heteroatoms. The predicted molar refractivity (Wildman–Crippen MR) is 94.7 cm³/mol. The maximum absolute atomic E-state index is 12.5. The van der Waals surface area contributed by atoms with Gasteiger partial charge in [-0.2, -0.15) is 0 Å². The van der Waals surface area contributed by atoms with Crippen LogP contribution in [0.2, 0.25) is 0 Å². The zero-order valence-corrected chi connectivity index (χ0v) is 14.8. The molecule has 0 aromatic heterocycles. The number of carbonyl (C=O) groups is 1. The highest BCUT2D eigenvalue weighted by Gasteiger charge is 2.31. The molecule has 1 aromatic rings. The second-order valence-electron chi connectivity index (χ2n) is 8.09. The minimum Gasteiger partial charge on any atom is -0.341 e. The number of amides is 1. The first-order valence-corrected chi connectivity index (χ1v) is 9.08. The molecule has 3 rings (SSSR count). The summed E-state index contributed by atoms with van der Waals surface area (Å²) in [6.45, 7) is 9.66. The third kappa shape index (κ3) is 3.60. The average molecular weight is 314 g/mol. The Hall–Kier alpha value is -1.35. The van der Waals surface area contributed by atoms with E-state index in [0.29, 0.717) is 11.8 Å². The molecule has 0 saturated carbocycles. The summed E-state index contributed by atoms with van der Waals surface area (Å²) in [6, 6.07) is 8.95. The van der Waals surface area contributed by atoms with Gasteiger partial charge in [-0.05, 0) is 54.7 Å². The van der Waals surface area contributed by atoms with Crippen LogP contribution in [0.1, 0.15) is 63.5 Å². The van der Waals surface area contributed by atoms with Crippen LogP contribution in [0.5, 0.6) is 0 Å². The molecular weight excluding hydrogens is 284 g/mol. The van der Waals surface area contributed by atoms with E-state index in [1.807, 2.05) is 0 Å². The van der Waals surface area contributed by atoms with Crippen LogP contribution in [0.3, 0.4) is 0 Å². The van der Waals surface area contributed by atoms with Crippen LogP contribution in [0.4, 0.5) is 0 Å². The lowest BCUT2D eigenvalue weighted by Gasteiger charge is -2.36. The molecule has 0 bridgehead atoms. The summed E-state index contributed by atoms with van der Waals surface area (Å²) in [6.07, 6.45) is 4.31. The van der Waals surface area contributed by atoms with Crippen molar-refractivity contribution in [3.63, 3.8) is 0 Å². The van der Waals surface area contributed by atoms with E-state index in [1.165, 1.54) is 11.1 Å². The molecule has 2 aliphatic rings. The van der Waals surface area contributed by atoms with Gasteiger partial charge in [-0.3, -0.25) is 4.79 Å². The third-order valence-electron chi connectivity index (χ3n) is 5.37. The number of piperidine rings is 1. The van der Waals surface area contributed by atoms with Crippen molar-refractivity contribution in [3.8, 4) is 0 Å². The summed E-state index contributed by atoms with van der Waals surface area (Å²) >= 11 is 0. The van der Waals surface area contributed by atoms with E-state index < -0.39 is 0 Å². The van der Waals surface area contributed by atoms with Crippen molar-refractivity contribution in [3.05, 3.63) is 35.4 Å². The van der Waals surface area contributed by atoms with Gasteiger partial charge >= 0.3 is 0 Å². The Morgan fingerprint density at radius 2 is 1.83 bits per heavy atom. The fraction of sp³-hybridized carbons (Fsp3) is 0.650. The number of benzene rings is 1. The molecule has 2 fully saturated rings. The van der Waals surface area contributed by atoms with Crippen LogP contribution >= 0.6 is 0 Å².